The molecule has 0 spiro atoms. The van der Waals surface area contributed by atoms with E-state index in [-0.39, 0.29) is 17.2 Å². The second kappa shape index (κ2) is 4.32. The summed E-state index contributed by atoms with van der Waals surface area (Å²) in [5.74, 6) is 0.245. The number of rotatable bonds is 1. The van der Waals surface area contributed by atoms with Gasteiger partial charge in [0, 0.05) is 24.0 Å². The number of nitrogens with two attached hydrogens (primary N) is 1. The first kappa shape index (κ1) is 11.6. The van der Waals surface area contributed by atoms with Gasteiger partial charge < -0.3 is 14.9 Å². The SMILES string of the molecule is N#CC1=C(N)OC2=C(C(=O)CCC2)[C@H]1c1ccoc1. The average Bonchev–Trinajstić information content (AvgIpc) is 2.91. The van der Waals surface area contributed by atoms with Gasteiger partial charge in [0.15, 0.2) is 5.78 Å². The summed E-state index contributed by atoms with van der Waals surface area (Å²) in [6.45, 7) is 0. The quantitative estimate of drug-likeness (QED) is 0.831. The number of nitrogens with zero attached hydrogens (tertiary/aromatic N) is 1. The Morgan fingerprint density at radius 2 is 2.26 bits per heavy atom. The fourth-order valence-electron chi connectivity index (χ4n) is 2.63. The summed E-state index contributed by atoms with van der Waals surface area (Å²) in [5, 5.41) is 9.27. The highest BCUT2D eigenvalue weighted by molar-refractivity contribution is 5.99. The summed E-state index contributed by atoms with van der Waals surface area (Å²) in [4.78, 5) is 12.2. The van der Waals surface area contributed by atoms with Gasteiger partial charge >= 0.3 is 0 Å². The third-order valence-corrected chi connectivity index (χ3v) is 3.48. The first-order valence-corrected chi connectivity index (χ1v) is 6.08. The van der Waals surface area contributed by atoms with Crippen molar-refractivity contribution in [1.82, 2.24) is 0 Å². The van der Waals surface area contributed by atoms with Crippen LogP contribution in [-0.4, -0.2) is 5.78 Å². The molecule has 0 bridgehead atoms. The van der Waals surface area contributed by atoms with Gasteiger partial charge in [-0.1, -0.05) is 0 Å². The molecule has 2 aliphatic rings. The predicted octanol–water partition coefficient (Wildman–Crippen LogP) is 2.09. The van der Waals surface area contributed by atoms with E-state index < -0.39 is 5.92 Å². The first-order valence-electron chi connectivity index (χ1n) is 6.08. The van der Waals surface area contributed by atoms with Gasteiger partial charge in [-0.15, -0.1) is 0 Å². The van der Waals surface area contributed by atoms with Crippen LogP contribution >= 0.6 is 0 Å². The zero-order valence-corrected chi connectivity index (χ0v) is 10.2. The monoisotopic (exact) mass is 256 g/mol. The van der Waals surface area contributed by atoms with Crippen molar-refractivity contribution < 1.29 is 13.9 Å². The minimum absolute atomic E-state index is 0.0210. The van der Waals surface area contributed by atoms with E-state index in [4.69, 9.17) is 14.9 Å². The number of furan rings is 1. The van der Waals surface area contributed by atoms with Crippen molar-refractivity contribution >= 4 is 5.78 Å². The van der Waals surface area contributed by atoms with Crippen molar-refractivity contribution in [2.45, 2.75) is 25.2 Å². The summed E-state index contributed by atoms with van der Waals surface area (Å²) in [7, 11) is 0. The fourth-order valence-corrected chi connectivity index (χ4v) is 2.63. The van der Waals surface area contributed by atoms with Crippen molar-refractivity contribution in [2.24, 2.45) is 5.73 Å². The van der Waals surface area contributed by atoms with Crippen molar-refractivity contribution in [3.05, 3.63) is 46.9 Å². The van der Waals surface area contributed by atoms with Crippen molar-refractivity contribution in [3.8, 4) is 6.07 Å². The number of hydrogen-bond acceptors (Lipinski definition) is 5. The number of hydrogen-bond donors (Lipinski definition) is 1. The molecule has 0 amide bonds. The van der Waals surface area contributed by atoms with Gasteiger partial charge in [-0.05, 0) is 12.5 Å². The van der Waals surface area contributed by atoms with Crippen LogP contribution < -0.4 is 5.73 Å². The van der Waals surface area contributed by atoms with Gasteiger partial charge in [0.25, 0.3) is 0 Å². The topological polar surface area (TPSA) is 89.3 Å². The lowest BCUT2D eigenvalue weighted by atomic mass is 9.78. The van der Waals surface area contributed by atoms with Gasteiger partial charge in [0.2, 0.25) is 5.88 Å². The number of carbonyl (C=O) groups excluding carboxylic acids is 1. The van der Waals surface area contributed by atoms with Crippen molar-refractivity contribution in [1.29, 1.82) is 5.26 Å². The van der Waals surface area contributed by atoms with Crippen molar-refractivity contribution in [2.75, 3.05) is 0 Å². The molecule has 1 aliphatic carbocycles. The molecule has 0 aromatic carbocycles. The zero-order chi connectivity index (χ0) is 13.4. The maximum absolute atomic E-state index is 12.2. The lowest BCUT2D eigenvalue weighted by molar-refractivity contribution is -0.116. The molecule has 2 heterocycles. The number of allylic oxidation sites excluding steroid dienone is 3. The molecule has 3 rings (SSSR count). The molecule has 2 N–H and O–H groups in total. The molecule has 1 aromatic heterocycles. The van der Waals surface area contributed by atoms with E-state index in [9.17, 15) is 10.1 Å². The van der Waals surface area contributed by atoms with Crippen LogP contribution in [0, 0.1) is 11.3 Å². The van der Waals surface area contributed by atoms with E-state index in [1.165, 1.54) is 12.5 Å². The maximum Gasteiger partial charge on any atom is 0.205 e. The van der Waals surface area contributed by atoms with E-state index in [1.54, 1.807) is 6.07 Å². The molecule has 1 atom stereocenters. The average molecular weight is 256 g/mol. The molecule has 0 saturated carbocycles. The van der Waals surface area contributed by atoms with Crippen LogP contribution in [0.1, 0.15) is 30.7 Å². The molecule has 1 aromatic rings. The van der Waals surface area contributed by atoms with E-state index in [0.29, 0.717) is 24.2 Å². The Balaban J connectivity index is 2.18. The largest absolute Gasteiger partial charge is 0.472 e. The molecule has 0 saturated heterocycles. The zero-order valence-electron chi connectivity index (χ0n) is 10.2. The lowest BCUT2D eigenvalue weighted by Gasteiger charge is -2.30. The van der Waals surface area contributed by atoms with Gasteiger partial charge in [-0.25, -0.2) is 0 Å². The second-order valence-corrected chi connectivity index (χ2v) is 4.60. The van der Waals surface area contributed by atoms with E-state index in [2.05, 4.69) is 0 Å². The second-order valence-electron chi connectivity index (χ2n) is 4.60. The summed E-state index contributed by atoms with van der Waals surface area (Å²) in [5.41, 5.74) is 7.38. The molecule has 5 heteroatoms. The maximum atomic E-state index is 12.2. The van der Waals surface area contributed by atoms with Crippen LogP contribution in [0.25, 0.3) is 0 Å². The Labute approximate surface area is 109 Å². The molecule has 0 unspecified atom stereocenters. The summed E-state index contributed by atoms with van der Waals surface area (Å²) in [6, 6.07) is 3.79. The molecule has 0 fully saturated rings. The molecular weight excluding hydrogens is 244 g/mol. The van der Waals surface area contributed by atoms with E-state index in [0.717, 1.165) is 12.0 Å². The Morgan fingerprint density at radius 1 is 1.42 bits per heavy atom. The van der Waals surface area contributed by atoms with Crippen molar-refractivity contribution in [3.63, 3.8) is 0 Å². The summed E-state index contributed by atoms with van der Waals surface area (Å²) >= 11 is 0. The van der Waals surface area contributed by atoms with Gasteiger partial charge in [0.05, 0.1) is 18.4 Å². The summed E-state index contributed by atoms with van der Waals surface area (Å²) in [6.07, 6.45) is 4.96. The molecular formula is C14H12N2O3. The van der Waals surface area contributed by atoms with Gasteiger partial charge in [0.1, 0.15) is 17.4 Å². The minimum Gasteiger partial charge on any atom is -0.472 e. The third-order valence-electron chi connectivity index (χ3n) is 3.48. The lowest BCUT2D eigenvalue weighted by Crippen LogP contribution is -2.27. The standard InChI is InChI=1S/C14H12N2O3/c15-6-9-12(8-4-5-18-7-8)13-10(17)2-1-3-11(13)19-14(9)16/h4-5,7,12H,1-3,16H2/t12-/m0/s1. The number of Topliss-reactive ketones (excluding diaryl/α,β-unsaturated/α-hetero) is 1. The highest BCUT2D eigenvalue weighted by Crippen LogP contribution is 2.43. The minimum atomic E-state index is -0.458. The van der Waals surface area contributed by atoms with E-state index >= 15 is 0 Å². The number of carbonyl (C=O) groups is 1. The van der Waals surface area contributed by atoms with Crippen LogP contribution in [0.2, 0.25) is 0 Å². The van der Waals surface area contributed by atoms with Gasteiger partial charge in [-0.2, -0.15) is 5.26 Å². The molecule has 0 radical (unpaired) electrons. The van der Waals surface area contributed by atoms with Crippen LogP contribution in [0.4, 0.5) is 0 Å². The third kappa shape index (κ3) is 1.73. The molecule has 5 nitrogen and oxygen atoms in total. The molecule has 1 aliphatic heterocycles. The van der Waals surface area contributed by atoms with Crippen LogP contribution in [0.15, 0.2) is 45.8 Å². The molecule has 96 valence electrons. The number of ether oxygens (including phenoxy) is 1. The Kier molecular flexibility index (Phi) is 2.64. The Bertz CT molecular complexity index is 632. The Morgan fingerprint density at radius 3 is 2.95 bits per heavy atom. The van der Waals surface area contributed by atoms with Crippen LogP contribution in [0.3, 0.4) is 0 Å². The molecule has 19 heavy (non-hydrogen) atoms. The predicted molar refractivity (Wildman–Crippen MR) is 65.2 cm³/mol. The van der Waals surface area contributed by atoms with Crippen LogP contribution in [0.5, 0.6) is 0 Å². The highest BCUT2D eigenvalue weighted by Gasteiger charge is 2.38. The van der Waals surface area contributed by atoms with Crippen LogP contribution in [-0.2, 0) is 9.53 Å². The fraction of sp³-hybridized carbons (Fsp3) is 0.286. The normalized spacial score (nSPS) is 22.9. The highest BCUT2D eigenvalue weighted by atomic mass is 16.5. The number of nitriles is 1. The Hall–Kier alpha value is -2.48. The summed E-state index contributed by atoms with van der Waals surface area (Å²) < 4.78 is 10.5. The number of ketones is 1. The smallest absolute Gasteiger partial charge is 0.205 e. The first-order chi connectivity index (χ1) is 9.22. The van der Waals surface area contributed by atoms with Gasteiger partial charge in [-0.3, -0.25) is 4.79 Å². The van der Waals surface area contributed by atoms with E-state index in [1.807, 2.05) is 6.07 Å².